The van der Waals surface area contributed by atoms with Crippen LogP contribution in [0.2, 0.25) is 5.02 Å². The highest BCUT2D eigenvalue weighted by atomic mass is 35.5. The summed E-state index contributed by atoms with van der Waals surface area (Å²) in [6.45, 7) is 5.25. The van der Waals surface area contributed by atoms with Gasteiger partial charge in [0.25, 0.3) is 0 Å². The first-order chi connectivity index (χ1) is 7.03. The largest absolute Gasteiger partial charge is 0.311 e. The minimum atomic E-state index is -0.321. The predicted octanol–water partition coefficient (Wildman–Crippen LogP) is 2.98. The van der Waals surface area contributed by atoms with Crippen LogP contribution in [0.15, 0.2) is 24.3 Å². The summed E-state index contributed by atoms with van der Waals surface area (Å²) in [5.74, 6) is 0. The van der Waals surface area contributed by atoms with Crippen LogP contribution in [-0.2, 0) is 6.54 Å². The lowest BCUT2D eigenvalue weighted by Crippen LogP contribution is -2.27. The first-order valence-electron chi connectivity index (χ1n) is 4.90. The Morgan fingerprint density at radius 3 is 2.80 bits per heavy atom. The molecule has 80 valence electrons. The fourth-order valence-corrected chi connectivity index (χ4v) is 1.42. The van der Waals surface area contributed by atoms with Gasteiger partial charge in [0.2, 0.25) is 0 Å². The van der Waals surface area contributed by atoms with E-state index in [9.17, 15) is 0 Å². The van der Waals surface area contributed by atoms with Gasteiger partial charge in [0, 0.05) is 18.1 Å². The molecule has 0 atom stereocenters. The van der Waals surface area contributed by atoms with Crippen molar-refractivity contribution in [3.8, 4) is 6.07 Å². The normalized spacial score (nSPS) is 11.1. The van der Waals surface area contributed by atoms with E-state index in [2.05, 4.69) is 11.4 Å². The molecular weight excluding hydrogens is 208 g/mol. The molecular formula is C12H15ClN2. The maximum atomic E-state index is 8.82. The predicted molar refractivity (Wildman–Crippen MR) is 62.6 cm³/mol. The molecule has 1 N–H and O–H groups in total. The molecule has 0 heterocycles. The Hall–Kier alpha value is -1.04. The third kappa shape index (κ3) is 4.33. The van der Waals surface area contributed by atoms with E-state index in [1.165, 1.54) is 0 Å². The van der Waals surface area contributed by atoms with E-state index >= 15 is 0 Å². The molecule has 1 aromatic carbocycles. The maximum Gasteiger partial charge on any atom is 0.0697 e. The highest BCUT2D eigenvalue weighted by Gasteiger charge is 2.15. The number of halogens is 1. The SMILES string of the molecule is CC(C)(C#N)CNCc1cccc(Cl)c1. The Kier molecular flexibility index (Phi) is 4.14. The smallest absolute Gasteiger partial charge is 0.0697 e. The summed E-state index contributed by atoms with van der Waals surface area (Å²) >= 11 is 5.86. The van der Waals surface area contributed by atoms with Crippen LogP contribution in [0.25, 0.3) is 0 Å². The van der Waals surface area contributed by atoms with Crippen LogP contribution in [-0.4, -0.2) is 6.54 Å². The molecule has 0 spiro atoms. The van der Waals surface area contributed by atoms with Gasteiger partial charge in [0.05, 0.1) is 11.5 Å². The zero-order valence-corrected chi connectivity index (χ0v) is 9.80. The molecule has 0 radical (unpaired) electrons. The van der Waals surface area contributed by atoms with Crippen molar-refractivity contribution >= 4 is 11.6 Å². The van der Waals surface area contributed by atoms with Crippen LogP contribution in [0.1, 0.15) is 19.4 Å². The molecule has 0 fully saturated rings. The molecule has 15 heavy (non-hydrogen) atoms. The molecule has 0 amide bonds. The maximum absolute atomic E-state index is 8.82. The zero-order chi connectivity index (χ0) is 11.3. The van der Waals surface area contributed by atoms with Gasteiger partial charge in [-0.25, -0.2) is 0 Å². The van der Waals surface area contributed by atoms with Crippen LogP contribution in [0.4, 0.5) is 0 Å². The number of nitrogens with zero attached hydrogens (tertiary/aromatic N) is 1. The Morgan fingerprint density at radius 1 is 1.47 bits per heavy atom. The molecule has 0 aromatic heterocycles. The number of rotatable bonds is 4. The van der Waals surface area contributed by atoms with Gasteiger partial charge < -0.3 is 5.32 Å². The van der Waals surface area contributed by atoms with Crippen molar-refractivity contribution in [2.45, 2.75) is 20.4 Å². The van der Waals surface area contributed by atoms with Gasteiger partial charge in [-0.1, -0.05) is 23.7 Å². The summed E-state index contributed by atoms with van der Waals surface area (Å²) in [5.41, 5.74) is 0.815. The van der Waals surface area contributed by atoms with E-state index in [0.29, 0.717) is 6.54 Å². The molecule has 0 saturated carbocycles. The first kappa shape index (κ1) is 12.0. The zero-order valence-electron chi connectivity index (χ0n) is 9.05. The third-order valence-electron chi connectivity index (χ3n) is 2.09. The number of hydrogen-bond acceptors (Lipinski definition) is 2. The van der Waals surface area contributed by atoms with Gasteiger partial charge in [-0.05, 0) is 31.5 Å². The molecule has 0 aliphatic carbocycles. The Balaban J connectivity index is 2.42. The van der Waals surface area contributed by atoms with Gasteiger partial charge in [-0.2, -0.15) is 5.26 Å². The second-order valence-electron chi connectivity index (χ2n) is 4.23. The third-order valence-corrected chi connectivity index (χ3v) is 2.32. The molecule has 0 saturated heterocycles. The number of hydrogen-bond donors (Lipinski definition) is 1. The van der Waals surface area contributed by atoms with Crippen molar-refractivity contribution < 1.29 is 0 Å². The van der Waals surface area contributed by atoms with Crippen LogP contribution >= 0.6 is 11.6 Å². The summed E-state index contributed by atoms with van der Waals surface area (Å²) in [4.78, 5) is 0. The second kappa shape index (κ2) is 5.16. The van der Waals surface area contributed by atoms with Crippen LogP contribution in [0.3, 0.4) is 0 Å². The van der Waals surface area contributed by atoms with Gasteiger partial charge in [-0.15, -0.1) is 0 Å². The molecule has 0 bridgehead atoms. The monoisotopic (exact) mass is 222 g/mol. The molecule has 1 rings (SSSR count). The van der Waals surface area contributed by atoms with Gasteiger partial charge in [-0.3, -0.25) is 0 Å². The lowest BCUT2D eigenvalue weighted by Gasteiger charge is -2.15. The average Bonchev–Trinajstić information content (AvgIpc) is 2.18. The quantitative estimate of drug-likeness (QED) is 0.850. The minimum absolute atomic E-state index is 0.321. The van der Waals surface area contributed by atoms with E-state index in [0.717, 1.165) is 17.1 Å². The van der Waals surface area contributed by atoms with E-state index in [1.807, 2.05) is 38.1 Å². The fourth-order valence-electron chi connectivity index (χ4n) is 1.21. The van der Waals surface area contributed by atoms with Crippen molar-refractivity contribution in [3.05, 3.63) is 34.9 Å². The standard InChI is InChI=1S/C12H15ClN2/c1-12(2,8-14)9-15-7-10-4-3-5-11(13)6-10/h3-6,15H,7,9H2,1-2H3. The fraction of sp³-hybridized carbons (Fsp3) is 0.417. The van der Waals surface area contributed by atoms with E-state index in [1.54, 1.807) is 0 Å². The summed E-state index contributed by atoms with van der Waals surface area (Å²) in [6.07, 6.45) is 0. The summed E-state index contributed by atoms with van der Waals surface area (Å²) < 4.78 is 0. The molecule has 0 aliphatic heterocycles. The Morgan fingerprint density at radius 2 is 2.20 bits per heavy atom. The highest BCUT2D eigenvalue weighted by Crippen LogP contribution is 2.13. The lowest BCUT2D eigenvalue weighted by molar-refractivity contribution is 0.445. The van der Waals surface area contributed by atoms with Crippen molar-refractivity contribution in [1.29, 1.82) is 5.26 Å². The van der Waals surface area contributed by atoms with Crippen molar-refractivity contribution in [1.82, 2.24) is 5.32 Å². The lowest BCUT2D eigenvalue weighted by atomic mass is 9.96. The van der Waals surface area contributed by atoms with E-state index in [-0.39, 0.29) is 5.41 Å². The van der Waals surface area contributed by atoms with Gasteiger partial charge in [0.1, 0.15) is 0 Å². The topological polar surface area (TPSA) is 35.8 Å². The second-order valence-corrected chi connectivity index (χ2v) is 4.67. The van der Waals surface area contributed by atoms with Crippen molar-refractivity contribution in [2.24, 2.45) is 5.41 Å². The minimum Gasteiger partial charge on any atom is -0.311 e. The van der Waals surface area contributed by atoms with Gasteiger partial charge in [0.15, 0.2) is 0 Å². The summed E-state index contributed by atoms with van der Waals surface area (Å²) in [5, 5.41) is 12.8. The summed E-state index contributed by atoms with van der Waals surface area (Å²) in [7, 11) is 0. The number of benzene rings is 1. The molecule has 0 aliphatic rings. The van der Waals surface area contributed by atoms with Crippen molar-refractivity contribution in [3.63, 3.8) is 0 Å². The van der Waals surface area contributed by atoms with Gasteiger partial charge >= 0.3 is 0 Å². The highest BCUT2D eigenvalue weighted by molar-refractivity contribution is 6.30. The molecule has 1 aromatic rings. The van der Waals surface area contributed by atoms with E-state index < -0.39 is 0 Å². The number of nitriles is 1. The Bertz CT molecular complexity index is 366. The van der Waals surface area contributed by atoms with Crippen molar-refractivity contribution in [2.75, 3.05) is 6.54 Å². The first-order valence-corrected chi connectivity index (χ1v) is 5.28. The molecule has 3 heteroatoms. The van der Waals surface area contributed by atoms with Crippen LogP contribution < -0.4 is 5.32 Å². The Labute approximate surface area is 95.9 Å². The molecule has 2 nitrogen and oxygen atoms in total. The number of nitrogens with one attached hydrogen (secondary N) is 1. The average molecular weight is 223 g/mol. The molecule has 0 unspecified atom stereocenters. The summed E-state index contributed by atoms with van der Waals surface area (Å²) in [6, 6.07) is 9.96. The van der Waals surface area contributed by atoms with E-state index in [4.69, 9.17) is 16.9 Å². The van der Waals surface area contributed by atoms with Crippen LogP contribution in [0.5, 0.6) is 0 Å². The van der Waals surface area contributed by atoms with Crippen LogP contribution in [0, 0.1) is 16.7 Å².